The van der Waals surface area contributed by atoms with E-state index in [2.05, 4.69) is 0 Å². The van der Waals surface area contributed by atoms with E-state index in [4.69, 9.17) is 15.2 Å². The molecule has 0 aromatic heterocycles. The second-order valence-electron chi connectivity index (χ2n) is 4.18. The summed E-state index contributed by atoms with van der Waals surface area (Å²) in [4.78, 5) is 11.3. The number of ether oxygens (including phenoxy) is 2. The van der Waals surface area contributed by atoms with Gasteiger partial charge in [-0.05, 0) is 12.3 Å². The van der Waals surface area contributed by atoms with Gasteiger partial charge in [-0.3, -0.25) is 4.79 Å². The SMILES string of the molecule is COCCOCCC(CN)(C(=O)O)C(C)C. The van der Waals surface area contributed by atoms with Crippen molar-refractivity contribution in [3.05, 3.63) is 0 Å². The molecular formula is C11H23NO4. The highest BCUT2D eigenvalue weighted by Gasteiger charge is 2.39. The molecule has 3 N–H and O–H groups in total. The number of aliphatic carboxylic acids is 1. The molecule has 96 valence electrons. The Balaban J connectivity index is 4.17. The maximum absolute atomic E-state index is 11.3. The van der Waals surface area contributed by atoms with Crippen LogP contribution in [-0.4, -0.2) is 44.6 Å². The summed E-state index contributed by atoms with van der Waals surface area (Å²) >= 11 is 0. The number of nitrogens with two attached hydrogens (primary N) is 1. The lowest BCUT2D eigenvalue weighted by Gasteiger charge is -2.31. The minimum absolute atomic E-state index is 0.0129. The Kier molecular flexibility index (Phi) is 7.29. The van der Waals surface area contributed by atoms with E-state index in [-0.39, 0.29) is 12.5 Å². The third-order valence-corrected chi connectivity index (χ3v) is 3.02. The Morgan fingerprint density at radius 2 is 2.00 bits per heavy atom. The summed E-state index contributed by atoms with van der Waals surface area (Å²) in [5.74, 6) is -0.860. The van der Waals surface area contributed by atoms with Gasteiger partial charge in [0.1, 0.15) is 0 Å². The molecule has 0 bridgehead atoms. The van der Waals surface area contributed by atoms with E-state index in [1.54, 1.807) is 7.11 Å². The minimum Gasteiger partial charge on any atom is -0.481 e. The van der Waals surface area contributed by atoms with Gasteiger partial charge in [-0.25, -0.2) is 0 Å². The number of rotatable bonds is 9. The first kappa shape index (κ1) is 15.3. The molecule has 0 aromatic rings. The van der Waals surface area contributed by atoms with Crippen molar-refractivity contribution in [2.45, 2.75) is 20.3 Å². The molecular weight excluding hydrogens is 210 g/mol. The highest BCUT2D eigenvalue weighted by atomic mass is 16.5. The van der Waals surface area contributed by atoms with E-state index in [0.29, 0.717) is 26.2 Å². The minimum atomic E-state index is -0.882. The lowest BCUT2D eigenvalue weighted by atomic mass is 9.75. The van der Waals surface area contributed by atoms with Crippen molar-refractivity contribution in [1.82, 2.24) is 0 Å². The predicted octanol–water partition coefficient (Wildman–Crippen LogP) is 0.725. The zero-order chi connectivity index (χ0) is 12.6. The number of carboxylic acid groups (broad SMARTS) is 1. The summed E-state index contributed by atoms with van der Waals surface area (Å²) in [5, 5.41) is 9.24. The molecule has 0 radical (unpaired) electrons. The molecule has 0 fully saturated rings. The summed E-state index contributed by atoms with van der Waals surface area (Å²) in [6.07, 6.45) is 0.431. The molecule has 0 rings (SSSR count). The lowest BCUT2D eigenvalue weighted by molar-refractivity contribution is -0.152. The van der Waals surface area contributed by atoms with E-state index >= 15 is 0 Å². The summed E-state index contributed by atoms with van der Waals surface area (Å²) < 4.78 is 10.1. The fourth-order valence-electron chi connectivity index (χ4n) is 1.57. The van der Waals surface area contributed by atoms with Gasteiger partial charge in [-0.15, -0.1) is 0 Å². The van der Waals surface area contributed by atoms with E-state index in [1.807, 2.05) is 13.8 Å². The van der Waals surface area contributed by atoms with Crippen LogP contribution in [0.25, 0.3) is 0 Å². The van der Waals surface area contributed by atoms with E-state index in [1.165, 1.54) is 0 Å². The number of hydrogen-bond acceptors (Lipinski definition) is 4. The van der Waals surface area contributed by atoms with Crippen LogP contribution in [0.4, 0.5) is 0 Å². The number of methoxy groups -OCH3 is 1. The Hall–Kier alpha value is -0.650. The number of hydrogen-bond donors (Lipinski definition) is 2. The van der Waals surface area contributed by atoms with Crippen molar-refractivity contribution >= 4 is 5.97 Å². The fraction of sp³-hybridized carbons (Fsp3) is 0.909. The molecule has 1 unspecified atom stereocenters. The van der Waals surface area contributed by atoms with E-state index < -0.39 is 11.4 Å². The molecule has 5 nitrogen and oxygen atoms in total. The van der Waals surface area contributed by atoms with Crippen molar-refractivity contribution in [2.75, 3.05) is 33.5 Å². The van der Waals surface area contributed by atoms with Crippen LogP contribution in [0.15, 0.2) is 0 Å². The van der Waals surface area contributed by atoms with Gasteiger partial charge in [0.05, 0.1) is 18.6 Å². The quantitative estimate of drug-likeness (QED) is 0.574. The summed E-state index contributed by atoms with van der Waals surface area (Å²) in [5.41, 5.74) is 4.71. The molecule has 0 aliphatic heterocycles. The molecule has 0 aliphatic rings. The largest absolute Gasteiger partial charge is 0.481 e. The van der Waals surface area contributed by atoms with Crippen molar-refractivity contribution in [2.24, 2.45) is 17.1 Å². The van der Waals surface area contributed by atoms with Gasteiger partial charge in [0, 0.05) is 20.3 Å². The van der Waals surface area contributed by atoms with E-state index in [9.17, 15) is 9.90 Å². The molecule has 1 atom stereocenters. The van der Waals surface area contributed by atoms with Crippen LogP contribution in [-0.2, 0) is 14.3 Å². The second-order valence-corrected chi connectivity index (χ2v) is 4.18. The molecule has 0 aliphatic carbocycles. The van der Waals surface area contributed by atoms with Crippen molar-refractivity contribution < 1.29 is 19.4 Å². The monoisotopic (exact) mass is 233 g/mol. The summed E-state index contributed by atoms with van der Waals surface area (Å²) in [6, 6.07) is 0. The Morgan fingerprint density at radius 1 is 1.38 bits per heavy atom. The maximum Gasteiger partial charge on any atom is 0.311 e. The van der Waals surface area contributed by atoms with Gasteiger partial charge in [0.25, 0.3) is 0 Å². The standard InChI is InChI=1S/C11H23NO4/c1-9(2)11(8-12,10(13)14)4-5-16-7-6-15-3/h9H,4-8,12H2,1-3H3,(H,13,14). The van der Waals surface area contributed by atoms with Crippen LogP contribution in [0.3, 0.4) is 0 Å². The third kappa shape index (κ3) is 4.08. The molecule has 0 aromatic carbocycles. The Bertz CT molecular complexity index is 208. The molecule has 0 saturated carbocycles. The zero-order valence-corrected chi connectivity index (χ0v) is 10.4. The number of carboxylic acids is 1. The third-order valence-electron chi connectivity index (χ3n) is 3.02. The first-order valence-corrected chi connectivity index (χ1v) is 5.51. The van der Waals surface area contributed by atoms with Crippen LogP contribution in [0.2, 0.25) is 0 Å². The topological polar surface area (TPSA) is 81.8 Å². The van der Waals surface area contributed by atoms with Crippen LogP contribution in [0.5, 0.6) is 0 Å². The first-order valence-electron chi connectivity index (χ1n) is 5.51. The molecule has 0 spiro atoms. The smallest absolute Gasteiger partial charge is 0.311 e. The van der Waals surface area contributed by atoms with Crippen LogP contribution in [0.1, 0.15) is 20.3 Å². The Labute approximate surface area is 96.9 Å². The average Bonchev–Trinajstić information content (AvgIpc) is 2.22. The van der Waals surface area contributed by atoms with Gasteiger partial charge in [-0.2, -0.15) is 0 Å². The summed E-state index contributed by atoms with van der Waals surface area (Å²) in [7, 11) is 1.60. The normalized spacial score (nSPS) is 15.1. The molecule has 0 heterocycles. The van der Waals surface area contributed by atoms with Crippen molar-refractivity contribution in [3.63, 3.8) is 0 Å². The highest BCUT2D eigenvalue weighted by Crippen LogP contribution is 2.30. The van der Waals surface area contributed by atoms with Crippen LogP contribution >= 0.6 is 0 Å². The summed E-state index contributed by atoms with van der Waals surface area (Å²) in [6.45, 7) is 5.27. The van der Waals surface area contributed by atoms with Gasteiger partial charge >= 0.3 is 5.97 Å². The number of carbonyl (C=O) groups is 1. The van der Waals surface area contributed by atoms with Gasteiger partial charge < -0.3 is 20.3 Å². The molecule has 0 saturated heterocycles. The van der Waals surface area contributed by atoms with Crippen LogP contribution < -0.4 is 5.73 Å². The van der Waals surface area contributed by atoms with Gasteiger partial charge in [-0.1, -0.05) is 13.8 Å². The van der Waals surface area contributed by atoms with Gasteiger partial charge in [0.2, 0.25) is 0 Å². The van der Waals surface area contributed by atoms with E-state index in [0.717, 1.165) is 0 Å². The fourth-order valence-corrected chi connectivity index (χ4v) is 1.57. The molecule has 16 heavy (non-hydrogen) atoms. The molecule has 5 heteroatoms. The first-order chi connectivity index (χ1) is 7.51. The second kappa shape index (κ2) is 7.60. The van der Waals surface area contributed by atoms with Crippen molar-refractivity contribution in [1.29, 1.82) is 0 Å². The zero-order valence-electron chi connectivity index (χ0n) is 10.4. The average molecular weight is 233 g/mol. The highest BCUT2D eigenvalue weighted by molar-refractivity contribution is 5.75. The maximum atomic E-state index is 11.3. The Morgan fingerprint density at radius 3 is 2.38 bits per heavy atom. The molecule has 0 amide bonds. The lowest BCUT2D eigenvalue weighted by Crippen LogP contribution is -2.44. The van der Waals surface area contributed by atoms with Crippen molar-refractivity contribution in [3.8, 4) is 0 Å². The predicted molar refractivity (Wildman–Crippen MR) is 61.3 cm³/mol. The van der Waals surface area contributed by atoms with Gasteiger partial charge in [0.15, 0.2) is 0 Å². The van der Waals surface area contributed by atoms with Crippen LogP contribution in [0, 0.1) is 11.3 Å².